The van der Waals surface area contributed by atoms with Crippen molar-refractivity contribution in [3.05, 3.63) is 0 Å². The van der Waals surface area contributed by atoms with Crippen LogP contribution in [0.15, 0.2) is 0 Å². The van der Waals surface area contributed by atoms with Gasteiger partial charge in [-0.1, -0.05) is 73.6 Å². The maximum atomic E-state index is 2.30. The van der Waals surface area contributed by atoms with Crippen molar-refractivity contribution in [3.63, 3.8) is 0 Å². The van der Waals surface area contributed by atoms with E-state index in [2.05, 4.69) is 41.5 Å². The molecular formula is C12H28. The lowest BCUT2D eigenvalue weighted by atomic mass is 9.78. The standard InChI is InChI=1S/C9H20.C3H8/c1-5-9(6-2,7-3)8-4;1-3-2/h5-8H2,1-4H3;3H2,1-2H3. The van der Waals surface area contributed by atoms with Crippen LogP contribution in [0.4, 0.5) is 0 Å². The topological polar surface area (TPSA) is 0 Å². The SMILES string of the molecule is CCC.CCC(CC)(CC)CC. The van der Waals surface area contributed by atoms with Crippen molar-refractivity contribution in [2.24, 2.45) is 5.41 Å². The van der Waals surface area contributed by atoms with E-state index in [1.165, 1.54) is 32.1 Å². The summed E-state index contributed by atoms with van der Waals surface area (Å²) in [7, 11) is 0. The maximum Gasteiger partial charge on any atom is -0.0308 e. The van der Waals surface area contributed by atoms with E-state index in [9.17, 15) is 0 Å². The summed E-state index contributed by atoms with van der Waals surface area (Å²) in [6.07, 6.45) is 6.62. The molecule has 0 heterocycles. The molecule has 76 valence electrons. The quantitative estimate of drug-likeness (QED) is 0.558. The zero-order chi connectivity index (χ0) is 10.0. The van der Waals surface area contributed by atoms with Gasteiger partial charge in [-0.25, -0.2) is 0 Å². The van der Waals surface area contributed by atoms with Gasteiger partial charge in [-0.3, -0.25) is 0 Å². The van der Waals surface area contributed by atoms with Crippen LogP contribution in [0.25, 0.3) is 0 Å². The van der Waals surface area contributed by atoms with Crippen LogP contribution < -0.4 is 0 Å². The van der Waals surface area contributed by atoms with Crippen LogP contribution >= 0.6 is 0 Å². The highest BCUT2D eigenvalue weighted by Crippen LogP contribution is 2.33. The lowest BCUT2D eigenvalue weighted by molar-refractivity contribution is 0.240. The molecule has 0 radical (unpaired) electrons. The van der Waals surface area contributed by atoms with E-state index >= 15 is 0 Å². The van der Waals surface area contributed by atoms with Gasteiger partial charge >= 0.3 is 0 Å². The van der Waals surface area contributed by atoms with E-state index in [-0.39, 0.29) is 0 Å². The van der Waals surface area contributed by atoms with Crippen LogP contribution in [0, 0.1) is 5.41 Å². The first kappa shape index (κ1) is 14.5. The summed E-state index contributed by atoms with van der Waals surface area (Å²) < 4.78 is 0. The van der Waals surface area contributed by atoms with Gasteiger partial charge < -0.3 is 0 Å². The predicted molar refractivity (Wildman–Crippen MR) is 59.6 cm³/mol. The lowest BCUT2D eigenvalue weighted by Crippen LogP contribution is -2.15. The molecule has 0 spiro atoms. The molecule has 0 aromatic rings. The summed E-state index contributed by atoms with van der Waals surface area (Å²) in [4.78, 5) is 0. The Morgan fingerprint density at radius 2 is 0.750 bits per heavy atom. The predicted octanol–water partition coefficient (Wildman–Crippen LogP) is 5.03. The van der Waals surface area contributed by atoms with Gasteiger partial charge in [0, 0.05) is 0 Å². The van der Waals surface area contributed by atoms with Gasteiger partial charge in [0.15, 0.2) is 0 Å². The van der Waals surface area contributed by atoms with Gasteiger partial charge in [0.05, 0.1) is 0 Å². The summed E-state index contributed by atoms with van der Waals surface area (Å²) >= 11 is 0. The minimum Gasteiger partial charge on any atom is -0.0656 e. The van der Waals surface area contributed by atoms with Gasteiger partial charge in [0.25, 0.3) is 0 Å². The van der Waals surface area contributed by atoms with Crippen molar-refractivity contribution in [1.82, 2.24) is 0 Å². The summed E-state index contributed by atoms with van der Waals surface area (Å²) in [5.74, 6) is 0. The van der Waals surface area contributed by atoms with E-state index in [4.69, 9.17) is 0 Å². The second kappa shape index (κ2) is 9.09. The summed E-state index contributed by atoms with van der Waals surface area (Å²) in [6.45, 7) is 13.5. The van der Waals surface area contributed by atoms with Crippen LogP contribution in [0.1, 0.15) is 73.6 Å². The Bertz CT molecular complexity index is 52.6. The fourth-order valence-corrected chi connectivity index (χ4v) is 1.50. The Hall–Kier alpha value is 0. The van der Waals surface area contributed by atoms with Crippen molar-refractivity contribution in [1.29, 1.82) is 0 Å². The Balaban J connectivity index is 0. The molecule has 0 aliphatic heterocycles. The third-order valence-electron chi connectivity index (χ3n) is 3.00. The van der Waals surface area contributed by atoms with Crippen LogP contribution in [-0.4, -0.2) is 0 Å². The van der Waals surface area contributed by atoms with Crippen molar-refractivity contribution in [2.75, 3.05) is 0 Å². The Kier molecular flexibility index (Phi) is 11.0. The zero-order valence-corrected chi connectivity index (χ0v) is 10.0. The first-order chi connectivity index (χ1) is 5.66. The first-order valence-corrected chi connectivity index (χ1v) is 5.66. The number of hydrogen-bond acceptors (Lipinski definition) is 0. The van der Waals surface area contributed by atoms with Gasteiger partial charge in [-0.2, -0.15) is 0 Å². The second-order valence-corrected chi connectivity index (χ2v) is 3.62. The van der Waals surface area contributed by atoms with E-state index in [1.54, 1.807) is 0 Å². The van der Waals surface area contributed by atoms with Crippen LogP contribution in [0.3, 0.4) is 0 Å². The minimum atomic E-state index is 0.667. The first-order valence-electron chi connectivity index (χ1n) is 5.66. The Labute approximate surface area is 79.8 Å². The third kappa shape index (κ3) is 5.62. The molecular weight excluding hydrogens is 144 g/mol. The van der Waals surface area contributed by atoms with Crippen molar-refractivity contribution >= 4 is 0 Å². The smallest absolute Gasteiger partial charge is 0.0308 e. The molecule has 0 saturated carbocycles. The average molecular weight is 172 g/mol. The van der Waals surface area contributed by atoms with Crippen molar-refractivity contribution < 1.29 is 0 Å². The van der Waals surface area contributed by atoms with Gasteiger partial charge in [-0.05, 0) is 5.41 Å². The van der Waals surface area contributed by atoms with E-state index < -0.39 is 0 Å². The molecule has 0 rings (SSSR count). The van der Waals surface area contributed by atoms with Crippen molar-refractivity contribution in [2.45, 2.75) is 73.6 Å². The highest BCUT2D eigenvalue weighted by Gasteiger charge is 2.20. The van der Waals surface area contributed by atoms with Gasteiger partial charge in [0.2, 0.25) is 0 Å². The lowest BCUT2D eigenvalue weighted by Gasteiger charge is -2.28. The largest absolute Gasteiger partial charge is 0.0656 e. The molecule has 0 saturated heterocycles. The van der Waals surface area contributed by atoms with Crippen molar-refractivity contribution in [3.8, 4) is 0 Å². The normalized spacial score (nSPS) is 10.5. The van der Waals surface area contributed by atoms with Gasteiger partial charge in [-0.15, -0.1) is 0 Å². The summed E-state index contributed by atoms with van der Waals surface area (Å²) in [6, 6.07) is 0. The highest BCUT2D eigenvalue weighted by atomic mass is 14.3. The molecule has 0 aromatic heterocycles. The summed E-state index contributed by atoms with van der Waals surface area (Å²) in [5.41, 5.74) is 0.667. The zero-order valence-electron chi connectivity index (χ0n) is 10.0. The fourth-order valence-electron chi connectivity index (χ4n) is 1.50. The molecule has 0 nitrogen and oxygen atoms in total. The molecule has 12 heavy (non-hydrogen) atoms. The van der Waals surface area contributed by atoms with Crippen LogP contribution in [-0.2, 0) is 0 Å². The second-order valence-electron chi connectivity index (χ2n) is 3.62. The molecule has 0 atom stereocenters. The summed E-state index contributed by atoms with van der Waals surface area (Å²) in [5, 5.41) is 0. The molecule has 0 heteroatoms. The number of rotatable bonds is 4. The monoisotopic (exact) mass is 172 g/mol. The maximum absolute atomic E-state index is 2.30. The fraction of sp³-hybridized carbons (Fsp3) is 1.00. The molecule has 0 fully saturated rings. The van der Waals surface area contributed by atoms with E-state index in [1.807, 2.05) is 0 Å². The van der Waals surface area contributed by atoms with Crippen LogP contribution in [0.5, 0.6) is 0 Å². The highest BCUT2D eigenvalue weighted by molar-refractivity contribution is 4.72. The average Bonchev–Trinajstić information content (AvgIpc) is 2.11. The molecule has 0 amide bonds. The van der Waals surface area contributed by atoms with Crippen LogP contribution in [0.2, 0.25) is 0 Å². The molecule has 0 aromatic carbocycles. The van der Waals surface area contributed by atoms with E-state index in [0.29, 0.717) is 5.41 Å². The minimum absolute atomic E-state index is 0.667. The molecule has 0 aliphatic carbocycles. The molecule has 0 unspecified atom stereocenters. The Morgan fingerprint density at radius 1 is 0.583 bits per heavy atom. The molecule has 0 bridgehead atoms. The van der Waals surface area contributed by atoms with E-state index in [0.717, 1.165) is 0 Å². The third-order valence-corrected chi connectivity index (χ3v) is 3.00. The Morgan fingerprint density at radius 3 is 0.750 bits per heavy atom. The molecule has 0 aliphatic rings. The van der Waals surface area contributed by atoms with Gasteiger partial charge in [0.1, 0.15) is 0 Å². The number of hydrogen-bond donors (Lipinski definition) is 0. The molecule has 0 N–H and O–H groups in total.